The molecule has 1 unspecified atom stereocenters. The molecule has 9 heteroatoms. The van der Waals surface area contributed by atoms with E-state index in [4.69, 9.17) is 5.11 Å². The number of hydrogen-bond donors (Lipinski definition) is 2. The van der Waals surface area contributed by atoms with Crippen molar-refractivity contribution in [2.75, 3.05) is 0 Å². The Morgan fingerprint density at radius 2 is 2.11 bits per heavy atom. The predicted octanol–water partition coefficient (Wildman–Crippen LogP) is 2.18. The molecule has 0 saturated carbocycles. The summed E-state index contributed by atoms with van der Waals surface area (Å²) >= 11 is 4.41. The summed E-state index contributed by atoms with van der Waals surface area (Å²) < 4.78 is 36.7. The first-order valence-electron chi connectivity index (χ1n) is 4.54. The van der Waals surface area contributed by atoms with Crippen molar-refractivity contribution in [1.29, 1.82) is 0 Å². The molecule has 0 aliphatic rings. The number of rotatable bonds is 4. The number of alkyl halides is 3. The number of carbonyl (C=O) groups excluding carboxylic acids is 1. The van der Waals surface area contributed by atoms with Crippen LogP contribution in [0.3, 0.4) is 0 Å². The average molecular weight is 346 g/mol. The molecule has 4 nitrogen and oxygen atoms in total. The third-order valence-electron chi connectivity index (χ3n) is 1.98. The molecule has 0 aromatic carbocycles. The Morgan fingerprint density at radius 1 is 1.50 bits per heavy atom. The van der Waals surface area contributed by atoms with Crippen molar-refractivity contribution in [3.63, 3.8) is 0 Å². The van der Waals surface area contributed by atoms with Crippen LogP contribution < -0.4 is 5.32 Å². The van der Waals surface area contributed by atoms with Gasteiger partial charge in [-0.25, -0.2) is 4.79 Å². The Labute approximate surface area is 112 Å². The quantitative estimate of drug-likeness (QED) is 0.878. The van der Waals surface area contributed by atoms with Gasteiger partial charge in [0.25, 0.3) is 0 Å². The molecule has 0 aliphatic heterocycles. The molecular weight excluding hydrogens is 339 g/mol. The summed E-state index contributed by atoms with van der Waals surface area (Å²) in [6.07, 6.45) is -5.32. The summed E-state index contributed by atoms with van der Waals surface area (Å²) in [7, 11) is 0. The molecule has 1 atom stereocenters. The van der Waals surface area contributed by atoms with Gasteiger partial charge in [-0.05, 0) is 32.9 Å². The largest absolute Gasteiger partial charge is 0.480 e. The van der Waals surface area contributed by atoms with Crippen LogP contribution in [-0.2, 0) is 16.0 Å². The fraction of sp³-hybridized carbons (Fsp3) is 0.333. The van der Waals surface area contributed by atoms with E-state index in [-0.39, 0.29) is 6.42 Å². The van der Waals surface area contributed by atoms with Crippen LogP contribution in [0.15, 0.2) is 15.2 Å². The van der Waals surface area contributed by atoms with E-state index in [9.17, 15) is 22.8 Å². The number of halogens is 4. The molecule has 1 amide bonds. The molecule has 0 bridgehead atoms. The van der Waals surface area contributed by atoms with Crippen LogP contribution in [-0.4, -0.2) is 29.2 Å². The lowest BCUT2D eigenvalue weighted by Gasteiger charge is -2.15. The van der Waals surface area contributed by atoms with Crippen LogP contribution >= 0.6 is 27.3 Å². The first-order valence-corrected chi connectivity index (χ1v) is 6.21. The Hall–Kier alpha value is -1.09. The highest BCUT2D eigenvalue weighted by Crippen LogP contribution is 2.25. The van der Waals surface area contributed by atoms with Gasteiger partial charge in [-0.3, -0.25) is 4.79 Å². The second-order valence-corrected chi connectivity index (χ2v) is 5.52. The first kappa shape index (κ1) is 15.0. The molecule has 0 fully saturated rings. The highest BCUT2D eigenvalue weighted by Gasteiger charge is 2.40. The van der Waals surface area contributed by atoms with Crippen molar-refractivity contribution in [2.24, 2.45) is 0 Å². The molecular formula is C9H7BrF3NO3S. The molecule has 2 N–H and O–H groups in total. The van der Waals surface area contributed by atoms with E-state index in [1.165, 1.54) is 16.7 Å². The highest BCUT2D eigenvalue weighted by atomic mass is 79.9. The van der Waals surface area contributed by atoms with Crippen LogP contribution in [0.25, 0.3) is 0 Å². The van der Waals surface area contributed by atoms with Gasteiger partial charge in [0.15, 0.2) is 0 Å². The fourth-order valence-corrected chi connectivity index (χ4v) is 2.40. The highest BCUT2D eigenvalue weighted by molar-refractivity contribution is 9.11. The summed E-state index contributed by atoms with van der Waals surface area (Å²) in [6, 6.07) is -0.0465. The van der Waals surface area contributed by atoms with E-state index < -0.39 is 24.1 Å². The molecule has 1 aromatic rings. The van der Waals surface area contributed by atoms with Gasteiger partial charge >= 0.3 is 18.1 Å². The van der Waals surface area contributed by atoms with Gasteiger partial charge in [-0.2, -0.15) is 13.2 Å². The molecule has 0 saturated heterocycles. The van der Waals surface area contributed by atoms with E-state index in [0.29, 0.717) is 9.35 Å². The predicted molar refractivity (Wildman–Crippen MR) is 61.3 cm³/mol. The van der Waals surface area contributed by atoms with Crippen molar-refractivity contribution < 1.29 is 27.9 Å². The topological polar surface area (TPSA) is 66.4 Å². The van der Waals surface area contributed by atoms with E-state index in [0.717, 1.165) is 0 Å². The van der Waals surface area contributed by atoms with Gasteiger partial charge in [0.2, 0.25) is 0 Å². The van der Waals surface area contributed by atoms with Crippen LogP contribution in [0.2, 0.25) is 0 Å². The van der Waals surface area contributed by atoms with Gasteiger partial charge in [-0.1, -0.05) is 0 Å². The normalized spacial score (nSPS) is 13.1. The number of carbonyl (C=O) groups is 2. The van der Waals surface area contributed by atoms with Crippen molar-refractivity contribution in [3.8, 4) is 0 Å². The Bertz CT molecular complexity index is 460. The molecule has 0 aliphatic carbocycles. The van der Waals surface area contributed by atoms with Crippen LogP contribution in [0.1, 0.15) is 5.56 Å². The second kappa shape index (κ2) is 5.70. The van der Waals surface area contributed by atoms with Crippen LogP contribution in [0.4, 0.5) is 13.2 Å². The average Bonchev–Trinajstić information content (AvgIpc) is 2.61. The maximum absolute atomic E-state index is 12.0. The van der Waals surface area contributed by atoms with Gasteiger partial charge in [0.05, 0.1) is 3.79 Å². The van der Waals surface area contributed by atoms with Gasteiger partial charge in [0.1, 0.15) is 6.04 Å². The second-order valence-electron chi connectivity index (χ2n) is 3.29. The molecule has 18 heavy (non-hydrogen) atoms. The summed E-state index contributed by atoms with van der Waals surface area (Å²) in [4.78, 5) is 21.5. The van der Waals surface area contributed by atoms with Gasteiger partial charge in [0, 0.05) is 6.42 Å². The Balaban J connectivity index is 2.76. The zero-order valence-corrected chi connectivity index (χ0v) is 11.0. The van der Waals surface area contributed by atoms with Gasteiger partial charge < -0.3 is 10.4 Å². The minimum atomic E-state index is -5.10. The molecule has 1 heterocycles. The standard InChI is InChI=1S/C9H7BrF3NO3S/c10-6-4(1-2-18-6)3-5(7(15)16)14-8(17)9(11,12)13/h1-2,5H,3H2,(H,14,17)(H,15,16). The number of thiophene rings is 1. The van der Waals surface area contributed by atoms with E-state index in [2.05, 4.69) is 15.9 Å². The van der Waals surface area contributed by atoms with Crippen molar-refractivity contribution >= 4 is 39.1 Å². The smallest absolute Gasteiger partial charge is 0.471 e. The third kappa shape index (κ3) is 3.98. The lowest BCUT2D eigenvalue weighted by Crippen LogP contribution is -2.47. The first-order chi connectivity index (χ1) is 8.21. The maximum atomic E-state index is 12.0. The number of carboxylic acid groups (broad SMARTS) is 1. The fourth-order valence-electron chi connectivity index (χ4n) is 1.13. The third-order valence-corrected chi connectivity index (χ3v) is 3.79. The number of aliphatic carboxylic acids is 1. The van der Waals surface area contributed by atoms with Crippen molar-refractivity contribution in [2.45, 2.75) is 18.6 Å². The Morgan fingerprint density at radius 3 is 2.50 bits per heavy atom. The summed E-state index contributed by atoms with van der Waals surface area (Å²) in [5.41, 5.74) is 0.523. The minimum absolute atomic E-state index is 0.221. The number of carboxylic acids is 1. The zero-order chi connectivity index (χ0) is 13.9. The van der Waals surface area contributed by atoms with E-state index in [1.807, 2.05) is 0 Å². The number of hydrogen-bond acceptors (Lipinski definition) is 3. The zero-order valence-electron chi connectivity index (χ0n) is 8.62. The van der Waals surface area contributed by atoms with E-state index in [1.54, 1.807) is 11.4 Å². The molecule has 100 valence electrons. The van der Waals surface area contributed by atoms with E-state index >= 15 is 0 Å². The SMILES string of the molecule is O=C(O)C(Cc1ccsc1Br)NC(=O)C(F)(F)F. The minimum Gasteiger partial charge on any atom is -0.480 e. The monoisotopic (exact) mass is 345 g/mol. The molecule has 1 rings (SSSR count). The van der Waals surface area contributed by atoms with Crippen LogP contribution in [0.5, 0.6) is 0 Å². The Kier molecular flexibility index (Phi) is 4.74. The van der Waals surface area contributed by atoms with Crippen molar-refractivity contribution in [3.05, 3.63) is 20.8 Å². The summed E-state index contributed by atoms with van der Waals surface area (Å²) in [6.45, 7) is 0. The summed E-state index contributed by atoms with van der Waals surface area (Å²) in [5, 5.41) is 11.9. The van der Waals surface area contributed by atoms with Crippen molar-refractivity contribution in [1.82, 2.24) is 5.32 Å². The van der Waals surface area contributed by atoms with Crippen LogP contribution in [0, 0.1) is 0 Å². The lowest BCUT2D eigenvalue weighted by molar-refractivity contribution is -0.175. The number of amides is 1. The van der Waals surface area contributed by atoms with Gasteiger partial charge in [-0.15, -0.1) is 11.3 Å². The maximum Gasteiger partial charge on any atom is 0.471 e. The lowest BCUT2D eigenvalue weighted by atomic mass is 10.1. The molecule has 0 spiro atoms. The summed E-state index contributed by atoms with van der Waals surface area (Å²) in [5.74, 6) is -3.79. The number of nitrogens with one attached hydrogen (secondary N) is 1. The molecule has 0 radical (unpaired) electrons. The molecule has 1 aromatic heterocycles.